The number of tetrazole rings is 1. The monoisotopic (exact) mass is 423 g/mol. The molecule has 0 saturated heterocycles. The van der Waals surface area contributed by atoms with Crippen molar-refractivity contribution in [3.8, 4) is 22.5 Å². The van der Waals surface area contributed by atoms with Gasteiger partial charge in [0, 0.05) is 23.4 Å². The zero-order chi connectivity index (χ0) is 21.7. The van der Waals surface area contributed by atoms with Gasteiger partial charge in [-0.1, -0.05) is 48.5 Å². The lowest BCUT2D eigenvalue weighted by atomic mass is 9.98. The number of nitrogens with zero attached hydrogens (tertiary/aromatic N) is 5. The molecule has 0 radical (unpaired) electrons. The second-order valence-corrected chi connectivity index (χ2v) is 8.74. The highest BCUT2D eigenvalue weighted by molar-refractivity contribution is 5.95. The van der Waals surface area contributed by atoms with E-state index in [-0.39, 0.29) is 6.04 Å². The SMILES string of the molecule is CC1=NC(C)c2cc(C3CC3)n(Cc3ccc(-c4ccccc4-c4nnn[nH]4)cc3)c2N1. The van der Waals surface area contributed by atoms with Crippen LogP contribution in [0.5, 0.6) is 0 Å². The summed E-state index contributed by atoms with van der Waals surface area (Å²) in [7, 11) is 0. The zero-order valence-electron chi connectivity index (χ0n) is 18.2. The summed E-state index contributed by atoms with van der Waals surface area (Å²) in [5, 5.41) is 17.9. The van der Waals surface area contributed by atoms with Gasteiger partial charge in [-0.3, -0.25) is 4.99 Å². The average Bonchev–Trinajstić information content (AvgIpc) is 3.37. The standard InChI is InChI=1S/C25H25N7/c1-15-22-13-23(19-11-12-19)32(25(22)27-16(2)26-15)14-17-7-9-18(10-8-17)20-5-3-4-6-21(20)24-28-30-31-29-24/h3-10,13,15,19H,11-12,14H2,1-2H3,(H,26,27)(H,28,29,30,31). The quantitative estimate of drug-likeness (QED) is 0.464. The van der Waals surface area contributed by atoms with Crippen molar-refractivity contribution in [2.24, 2.45) is 4.99 Å². The Balaban J connectivity index is 1.33. The number of aromatic amines is 1. The minimum Gasteiger partial charge on any atom is -0.330 e. The molecule has 1 unspecified atom stereocenters. The summed E-state index contributed by atoms with van der Waals surface area (Å²) < 4.78 is 2.46. The Bertz CT molecular complexity index is 1290. The van der Waals surface area contributed by atoms with Gasteiger partial charge in [0.15, 0.2) is 5.82 Å². The van der Waals surface area contributed by atoms with Crippen molar-refractivity contribution >= 4 is 11.7 Å². The molecule has 160 valence electrons. The smallest absolute Gasteiger partial charge is 0.180 e. The molecule has 4 aromatic rings. The molecule has 0 spiro atoms. The molecule has 0 amide bonds. The summed E-state index contributed by atoms with van der Waals surface area (Å²) in [6.45, 7) is 5.08. The third kappa shape index (κ3) is 3.30. The molecule has 2 aromatic carbocycles. The van der Waals surface area contributed by atoms with Gasteiger partial charge >= 0.3 is 0 Å². The summed E-state index contributed by atoms with van der Waals surface area (Å²) in [4.78, 5) is 4.72. The van der Waals surface area contributed by atoms with E-state index in [4.69, 9.17) is 4.99 Å². The number of aromatic nitrogens is 5. The Hall–Kier alpha value is -3.74. The summed E-state index contributed by atoms with van der Waals surface area (Å²) >= 11 is 0. The summed E-state index contributed by atoms with van der Waals surface area (Å²) in [5.74, 6) is 3.55. The van der Waals surface area contributed by atoms with E-state index in [1.165, 1.54) is 35.5 Å². The van der Waals surface area contributed by atoms with Crippen LogP contribution in [0, 0.1) is 0 Å². The van der Waals surface area contributed by atoms with Gasteiger partial charge < -0.3 is 9.88 Å². The predicted octanol–water partition coefficient (Wildman–Crippen LogP) is 5.17. The molecule has 7 nitrogen and oxygen atoms in total. The molecule has 1 aliphatic carbocycles. The fraction of sp³-hybridized carbons (Fsp3) is 0.280. The molecule has 2 aromatic heterocycles. The van der Waals surface area contributed by atoms with Crippen LogP contribution in [0.4, 0.5) is 5.82 Å². The van der Waals surface area contributed by atoms with E-state index in [2.05, 4.69) is 73.8 Å². The maximum atomic E-state index is 4.72. The van der Waals surface area contributed by atoms with Crippen LogP contribution in [0.2, 0.25) is 0 Å². The van der Waals surface area contributed by atoms with Crippen molar-refractivity contribution in [3.63, 3.8) is 0 Å². The molecule has 6 rings (SSSR count). The second-order valence-electron chi connectivity index (χ2n) is 8.74. The van der Waals surface area contributed by atoms with Crippen LogP contribution in [-0.2, 0) is 6.54 Å². The number of anilines is 1. The van der Waals surface area contributed by atoms with Crippen LogP contribution in [0.25, 0.3) is 22.5 Å². The zero-order valence-corrected chi connectivity index (χ0v) is 18.2. The second kappa shape index (κ2) is 7.44. The van der Waals surface area contributed by atoms with Gasteiger partial charge in [-0.2, -0.15) is 0 Å². The number of rotatable bonds is 5. The lowest BCUT2D eigenvalue weighted by molar-refractivity contribution is 0.743. The Morgan fingerprint density at radius 1 is 1.03 bits per heavy atom. The van der Waals surface area contributed by atoms with Crippen molar-refractivity contribution in [1.82, 2.24) is 25.2 Å². The van der Waals surface area contributed by atoms with Gasteiger partial charge in [0.2, 0.25) is 0 Å². The molecule has 7 heteroatoms. The van der Waals surface area contributed by atoms with Gasteiger partial charge in [0.25, 0.3) is 0 Å². The van der Waals surface area contributed by atoms with Crippen molar-refractivity contribution in [2.45, 2.75) is 45.2 Å². The van der Waals surface area contributed by atoms with Crippen LogP contribution < -0.4 is 5.32 Å². The van der Waals surface area contributed by atoms with E-state index in [0.717, 1.165) is 29.1 Å². The lowest BCUT2D eigenvalue weighted by Gasteiger charge is -2.21. The van der Waals surface area contributed by atoms with E-state index in [1.54, 1.807) is 0 Å². The lowest BCUT2D eigenvalue weighted by Crippen LogP contribution is -2.19. The minimum atomic E-state index is 0.203. The molecule has 1 aliphatic heterocycles. The van der Waals surface area contributed by atoms with Crippen LogP contribution in [0.15, 0.2) is 59.6 Å². The third-order valence-corrected chi connectivity index (χ3v) is 6.42. The summed E-state index contributed by atoms with van der Waals surface area (Å²) in [6.07, 6.45) is 2.56. The van der Waals surface area contributed by atoms with Gasteiger partial charge in [-0.25, -0.2) is 5.10 Å². The molecular formula is C25H25N7. The number of fused-ring (bicyclic) bond motifs is 1. The molecule has 2 N–H and O–H groups in total. The van der Waals surface area contributed by atoms with Gasteiger partial charge in [-0.15, -0.1) is 5.10 Å². The van der Waals surface area contributed by atoms with Crippen molar-refractivity contribution in [2.75, 3.05) is 5.32 Å². The molecule has 1 atom stereocenters. The number of hydrogen-bond acceptors (Lipinski definition) is 5. The third-order valence-electron chi connectivity index (χ3n) is 6.42. The van der Waals surface area contributed by atoms with E-state index in [1.807, 2.05) is 25.1 Å². The van der Waals surface area contributed by atoms with E-state index in [0.29, 0.717) is 11.7 Å². The van der Waals surface area contributed by atoms with Crippen LogP contribution in [0.3, 0.4) is 0 Å². The molecule has 3 heterocycles. The Kier molecular flexibility index (Phi) is 4.41. The summed E-state index contributed by atoms with van der Waals surface area (Å²) in [5.41, 5.74) is 7.27. The highest BCUT2D eigenvalue weighted by Crippen LogP contribution is 2.45. The van der Waals surface area contributed by atoms with Gasteiger partial charge in [0.05, 0.1) is 11.9 Å². The van der Waals surface area contributed by atoms with Crippen molar-refractivity contribution in [1.29, 1.82) is 0 Å². The predicted molar refractivity (Wildman–Crippen MR) is 126 cm³/mol. The Morgan fingerprint density at radius 2 is 1.81 bits per heavy atom. The first kappa shape index (κ1) is 19.0. The maximum absolute atomic E-state index is 4.72. The fourth-order valence-electron chi connectivity index (χ4n) is 4.69. The first-order valence-electron chi connectivity index (χ1n) is 11.1. The van der Waals surface area contributed by atoms with E-state index >= 15 is 0 Å². The number of benzene rings is 2. The number of nitrogens with one attached hydrogen (secondary N) is 2. The topological polar surface area (TPSA) is 83.8 Å². The highest BCUT2D eigenvalue weighted by Gasteiger charge is 2.32. The number of H-pyrrole nitrogens is 1. The number of hydrogen-bond donors (Lipinski definition) is 2. The molecule has 32 heavy (non-hydrogen) atoms. The molecular weight excluding hydrogens is 398 g/mol. The highest BCUT2D eigenvalue weighted by atomic mass is 15.5. The van der Waals surface area contributed by atoms with E-state index < -0.39 is 0 Å². The van der Waals surface area contributed by atoms with Crippen LogP contribution in [-0.4, -0.2) is 31.0 Å². The van der Waals surface area contributed by atoms with E-state index in [9.17, 15) is 0 Å². The Labute approximate surface area is 186 Å². The van der Waals surface area contributed by atoms with Gasteiger partial charge in [-0.05, 0) is 65.8 Å². The summed E-state index contributed by atoms with van der Waals surface area (Å²) in [6, 6.07) is 19.6. The normalized spacial score (nSPS) is 17.6. The van der Waals surface area contributed by atoms with Crippen LogP contribution in [0.1, 0.15) is 55.5 Å². The maximum Gasteiger partial charge on any atom is 0.180 e. The first-order valence-corrected chi connectivity index (χ1v) is 11.1. The van der Waals surface area contributed by atoms with Crippen LogP contribution >= 0.6 is 0 Å². The van der Waals surface area contributed by atoms with Crippen molar-refractivity contribution < 1.29 is 0 Å². The number of amidine groups is 1. The average molecular weight is 424 g/mol. The Morgan fingerprint density at radius 3 is 2.53 bits per heavy atom. The molecule has 1 saturated carbocycles. The molecule has 2 aliphatic rings. The largest absolute Gasteiger partial charge is 0.330 e. The fourth-order valence-corrected chi connectivity index (χ4v) is 4.69. The van der Waals surface area contributed by atoms with Crippen molar-refractivity contribution in [3.05, 3.63) is 71.4 Å². The van der Waals surface area contributed by atoms with Gasteiger partial charge in [0.1, 0.15) is 5.82 Å². The minimum absolute atomic E-state index is 0.203. The number of aliphatic imine (C=N–C) groups is 1. The first-order chi connectivity index (χ1) is 15.7. The molecule has 0 bridgehead atoms. The molecule has 1 fully saturated rings.